The van der Waals surface area contributed by atoms with Crippen LogP contribution >= 0.6 is 11.3 Å². The van der Waals surface area contributed by atoms with Crippen molar-refractivity contribution in [3.63, 3.8) is 0 Å². The predicted molar refractivity (Wildman–Crippen MR) is 78.8 cm³/mol. The van der Waals surface area contributed by atoms with Gasteiger partial charge in [0.05, 0.1) is 5.56 Å². The lowest BCUT2D eigenvalue weighted by molar-refractivity contribution is 0.173. The predicted octanol–water partition coefficient (Wildman–Crippen LogP) is 2.52. The molecule has 0 aliphatic carbocycles. The van der Waals surface area contributed by atoms with Crippen molar-refractivity contribution in [3.8, 4) is 23.3 Å². The number of nitriles is 1. The number of rotatable bonds is 6. The van der Waals surface area contributed by atoms with E-state index in [0.717, 1.165) is 35.2 Å². The van der Waals surface area contributed by atoms with E-state index in [-0.39, 0.29) is 6.79 Å². The van der Waals surface area contributed by atoms with Gasteiger partial charge in [-0.05, 0) is 18.2 Å². The van der Waals surface area contributed by atoms with Crippen LogP contribution in [-0.2, 0) is 6.54 Å². The van der Waals surface area contributed by atoms with E-state index in [4.69, 9.17) is 19.5 Å². The summed E-state index contributed by atoms with van der Waals surface area (Å²) in [6.45, 7) is 2.31. The fraction of sp³-hybridized carbons (Fsp3) is 0.267. The molecule has 1 aliphatic rings. The fourth-order valence-corrected chi connectivity index (χ4v) is 2.73. The van der Waals surface area contributed by atoms with Gasteiger partial charge in [-0.15, -0.1) is 11.3 Å². The summed E-state index contributed by atoms with van der Waals surface area (Å²) in [7, 11) is 0. The Kier molecular flexibility index (Phi) is 4.24. The molecule has 21 heavy (non-hydrogen) atoms. The van der Waals surface area contributed by atoms with Crippen LogP contribution in [0.3, 0.4) is 0 Å². The van der Waals surface area contributed by atoms with Crippen LogP contribution in [-0.4, -0.2) is 19.9 Å². The van der Waals surface area contributed by atoms with E-state index in [9.17, 15) is 0 Å². The molecule has 1 N–H and O–H groups in total. The largest absolute Gasteiger partial charge is 0.492 e. The number of hydrogen-bond acceptors (Lipinski definition) is 6. The van der Waals surface area contributed by atoms with Gasteiger partial charge < -0.3 is 19.5 Å². The van der Waals surface area contributed by atoms with Crippen molar-refractivity contribution < 1.29 is 14.2 Å². The van der Waals surface area contributed by atoms with Crippen LogP contribution in [0, 0.1) is 11.3 Å². The monoisotopic (exact) mass is 302 g/mol. The molecule has 0 saturated heterocycles. The molecule has 1 aromatic heterocycles. The van der Waals surface area contributed by atoms with Crippen molar-refractivity contribution in [2.75, 3.05) is 19.9 Å². The molecule has 5 nitrogen and oxygen atoms in total. The maximum Gasteiger partial charge on any atom is 0.231 e. The molecule has 6 heteroatoms. The Morgan fingerprint density at radius 1 is 1.29 bits per heavy atom. The Morgan fingerprint density at radius 3 is 3.05 bits per heavy atom. The SMILES string of the molecule is N#Cc1csc(CNCCOc2ccc3c(c2)OCO3)c1. The molecule has 108 valence electrons. The molecule has 3 rings (SSSR count). The van der Waals surface area contributed by atoms with E-state index in [1.807, 2.05) is 29.6 Å². The minimum Gasteiger partial charge on any atom is -0.492 e. The average molecular weight is 302 g/mol. The first-order valence-corrected chi connectivity index (χ1v) is 7.44. The van der Waals surface area contributed by atoms with Crippen LogP contribution in [0.1, 0.15) is 10.4 Å². The van der Waals surface area contributed by atoms with Crippen LogP contribution in [0.2, 0.25) is 0 Å². The summed E-state index contributed by atoms with van der Waals surface area (Å²) >= 11 is 1.59. The molecule has 2 aromatic rings. The summed E-state index contributed by atoms with van der Waals surface area (Å²) in [6.07, 6.45) is 0. The first-order valence-electron chi connectivity index (χ1n) is 6.56. The number of nitrogens with one attached hydrogen (secondary N) is 1. The number of ether oxygens (including phenoxy) is 3. The van der Waals surface area contributed by atoms with Crippen molar-refractivity contribution in [2.45, 2.75) is 6.54 Å². The Bertz CT molecular complexity index is 663. The van der Waals surface area contributed by atoms with Gasteiger partial charge in [0.25, 0.3) is 0 Å². The Balaban J connectivity index is 1.39. The smallest absolute Gasteiger partial charge is 0.231 e. The number of fused-ring (bicyclic) bond motifs is 1. The molecule has 2 heterocycles. The van der Waals surface area contributed by atoms with Gasteiger partial charge in [-0.2, -0.15) is 5.26 Å². The van der Waals surface area contributed by atoms with Gasteiger partial charge in [-0.25, -0.2) is 0 Å². The van der Waals surface area contributed by atoms with Crippen LogP contribution < -0.4 is 19.5 Å². The number of benzene rings is 1. The van der Waals surface area contributed by atoms with Crippen molar-refractivity contribution in [1.82, 2.24) is 5.32 Å². The Labute approximate surface area is 126 Å². The summed E-state index contributed by atoms with van der Waals surface area (Å²) in [5, 5.41) is 13.9. The van der Waals surface area contributed by atoms with E-state index in [0.29, 0.717) is 12.2 Å². The Hall–Kier alpha value is -2.23. The van der Waals surface area contributed by atoms with Gasteiger partial charge in [-0.1, -0.05) is 0 Å². The van der Waals surface area contributed by atoms with Gasteiger partial charge in [-0.3, -0.25) is 0 Å². The molecule has 1 aromatic carbocycles. The molecule has 0 spiro atoms. The summed E-state index contributed by atoms with van der Waals surface area (Å²) in [5.41, 5.74) is 0.716. The third-order valence-corrected chi connectivity index (χ3v) is 3.91. The van der Waals surface area contributed by atoms with E-state index in [2.05, 4.69) is 11.4 Å². The minimum absolute atomic E-state index is 0.270. The summed E-state index contributed by atoms with van der Waals surface area (Å²) in [6, 6.07) is 9.57. The van der Waals surface area contributed by atoms with Gasteiger partial charge in [0, 0.05) is 29.4 Å². The van der Waals surface area contributed by atoms with E-state index in [1.165, 1.54) is 0 Å². The van der Waals surface area contributed by atoms with Crippen LogP contribution in [0.25, 0.3) is 0 Å². The third kappa shape index (κ3) is 3.45. The minimum atomic E-state index is 0.270. The summed E-state index contributed by atoms with van der Waals surface area (Å²) < 4.78 is 16.2. The zero-order valence-corrected chi connectivity index (χ0v) is 12.1. The van der Waals surface area contributed by atoms with Gasteiger partial charge in [0.15, 0.2) is 11.5 Å². The fourth-order valence-electron chi connectivity index (χ4n) is 1.95. The lowest BCUT2D eigenvalue weighted by Crippen LogP contribution is -2.20. The number of thiophene rings is 1. The molecule has 0 radical (unpaired) electrons. The second-order valence-corrected chi connectivity index (χ2v) is 5.45. The van der Waals surface area contributed by atoms with Crippen LogP contribution in [0.4, 0.5) is 0 Å². The van der Waals surface area contributed by atoms with Crippen molar-refractivity contribution in [2.24, 2.45) is 0 Å². The van der Waals surface area contributed by atoms with Crippen molar-refractivity contribution in [3.05, 3.63) is 40.1 Å². The van der Waals surface area contributed by atoms with Crippen LogP contribution in [0.15, 0.2) is 29.6 Å². The Morgan fingerprint density at radius 2 is 2.19 bits per heavy atom. The zero-order valence-electron chi connectivity index (χ0n) is 11.3. The molecule has 0 fully saturated rings. The summed E-state index contributed by atoms with van der Waals surface area (Å²) in [5.74, 6) is 2.25. The summed E-state index contributed by atoms with van der Waals surface area (Å²) in [4.78, 5) is 1.15. The van der Waals surface area contributed by atoms with E-state index < -0.39 is 0 Å². The molecule has 0 bridgehead atoms. The second kappa shape index (κ2) is 6.48. The molecule has 0 unspecified atom stereocenters. The average Bonchev–Trinajstić information content (AvgIpc) is 3.15. The van der Waals surface area contributed by atoms with Crippen molar-refractivity contribution >= 4 is 11.3 Å². The number of nitrogens with zero attached hydrogens (tertiary/aromatic N) is 1. The normalized spacial score (nSPS) is 12.1. The molecule has 1 aliphatic heterocycles. The molecule has 0 saturated carbocycles. The third-order valence-electron chi connectivity index (χ3n) is 2.97. The highest BCUT2D eigenvalue weighted by molar-refractivity contribution is 7.10. The van der Waals surface area contributed by atoms with Gasteiger partial charge in [0.2, 0.25) is 6.79 Å². The van der Waals surface area contributed by atoms with Crippen molar-refractivity contribution in [1.29, 1.82) is 5.26 Å². The molecule has 0 amide bonds. The standard InChI is InChI=1S/C15H14N2O3S/c16-7-11-5-13(21-9-11)8-17-3-4-18-12-1-2-14-15(6-12)20-10-19-14/h1-2,5-6,9,17H,3-4,8,10H2. The van der Waals surface area contributed by atoms with Gasteiger partial charge >= 0.3 is 0 Å². The number of hydrogen-bond donors (Lipinski definition) is 1. The molecular weight excluding hydrogens is 288 g/mol. The highest BCUT2D eigenvalue weighted by Crippen LogP contribution is 2.34. The second-order valence-electron chi connectivity index (χ2n) is 4.45. The lowest BCUT2D eigenvalue weighted by atomic mass is 10.3. The quantitative estimate of drug-likeness (QED) is 0.831. The van der Waals surface area contributed by atoms with Gasteiger partial charge in [0.1, 0.15) is 18.4 Å². The first-order chi connectivity index (χ1) is 10.3. The highest BCUT2D eigenvalue weighted by atomic mass is 32.1. The zero-order chi connectivity index (χ0) is 14.5. The topological polar surface area (TPSA) is 63.5 Å². The first kappa shape index (κ1) is 13.7. The lowest BCUT2D eigenvalue weighted by Gasteiger charge is -2.07. The van der Waals surface area contributed by atoms with Crippen LogP contribution in [0.5, 0.6) is 17.2 Å². The molecule has 0 atom stereocenters. The van der Waals surface area contributed by atoms with E-state index in [1.54, 1.807) is 11.3 Å². The highest BCUT2D eigenvalue weighted by Gasteiger charge is 2.13. The van der Waals surface area contributed by atoms with E-state index >= 15 is 0 Å². The molecular formula is C15H14N2O3S. The maximum absolute atomic E-state index is 8.75. The maximum atomic E-state index is 8.75.